The van der Waals surface area contributed by atoms with E-state index in [2.05, 4.69) is 9.88 Å². The first-order chi connectivity index (χ1) is 12.9. The van der Waals surface area contributed by atoms with Crippen molar-refractivity contribution < 1.29 is 18.0 Å². The third-order valence-corrected chi connectivity index (χ3v) is 5.65. The van der Waals surface area contributed by atoms with Gasteiger partial charge < -0.3 is 4.84 Å². The third kappa shape index (κ3) is 4.33. The molecule has 0 radical (unpaired) electrons. The Kier molecular flexibility index (Phi) is 5.54. The van der Waals surface area contributed by atoms with Gasteiger partial charge in [-0.1, -0.05) is 47.1 Å². The van der Waals surface area contributed by atoms with E-state index in [9.17, 15) is 13.2 Å². The predicted octanol–water partition coefficient (Wildman–Crippen LogP) is 1.07. The number of amides is 1. The molecule has 0 fully saturated rings. The number of nitrogens with one attached hydrogen (secondary N) is 2. The van der Waals surface area contributed by atoms with Crippen LogP contribution >= 0.6 is 0 Å². The Morgan fingerprint density at radius 1 is 1.22 bits per heavy atom. The van der Waals surface area contributed by atoms with Crippen LogP contribution in [-0.4, -0.2) is 32.7 Å². The Morgan fingerprint density at radius 2 is 1.93 bits per heavy atom. The van der Waals surface area contributed by atoms with Crippen LogP contribution in [0.2, 0.25) is 0 Å². The van der Waals surface area contributed by atoms with Crippen molar-refractivity contribution in [2.75, 3.05) is 6.54 Å². The summed E-state index contributed by atoms with van der Waals surface area (Å²) in [5.74, 6) is 4.44. The second-order valence-electron chi connectivity index (χ2n) is 6.16. The van der Waals surface area contributed by atoms with E-state index in [-0.39, 0.29) is 17.0 Å². The lowest BCUT2D eigenvalue weighted by atomic mass is 10.0. The van der Waals surface area contributed by atoms with Crippen LogP contribution in [0, 0.1) is 6.92 Å². The molecule has 1 aliphatic heterocycles. The highest BCUT2D eigenvalue weighted by Gasteiger charge is 2.26. The van der Waals surface area contributed by atoms with Crippen molar-refractivity contribution in [2.24, 2.45) is 11.0 Å². The van der Waals surface area contributed by atoms with Crippen LogP contribution in [0.25, 0.3) is 0 Å². The van der Waals surface area contributed by atoms with Gasteiger partial charge in [0.2, 0.25) is 10.0 Å². The number of oxime groups is 1. The van der Waals surface area contributed by atoms with E-state index >= 15 is 0 Å². The SMILES string of the molecule is Cc1ccc(C2=NOC(CNS(=O)(=O)c3ccccc3C(=O)NN)C2)cc1. The van der Waals surface area contributed by atoms with Crippen LogP contribution < -0.4 is 16.0 Å². The monoisotopic (exact) mass is 388 g/mol. The molecule has 142 valence electrons. The summed E-state index contributed by atoms with van der Waals surface area (Å²) in [6.07, 6.45) is 0.0582. The van der Waals surface area contributed by atoms with E-state index in [0.29, 0.717) is 6.42 Å². The highest BCUT2D eigenvalue weighted by molar-refractivity contribution is 7.89. The minimum atomic E-state index is -3.92. The van der Waals surface area contributed by atoms with Gasteiger partial charge in [-0.3, -0.25) is 10.2 Å². The molecule has 1 amide bonds. The number of rotatable bonds is 6. The molecule has 1 atom stereocenters. The molecule has 0 spiro atoms. The van der Waals surface area contributed by atoms with Gasteiger partial charge in [-0.15, -0.1) is 0 Å². The number of hydrazine groups is 1. The van der Waals surface area contributed by atoms with Crippen LogP contribution in [-0.2, 0) is 14.9 Å². The summed E-state index contributed by atoms with van der Waals surface area (Å²) >= 11 is 0. The quantitative estimate of drug-likeness (QED) is 0.388. The largest absolute Gasteiger partial charge is 0.390 e. The van der Waals surface area contributed by atoms with Crippen molar-refractivity contribution in [1.29, 1.82) is 0 Å². The summed E-state index contributed by atoms with van der Waals surface area (Å²) in [6.45, 7) is 2.02. The van der Waals surface area contributed by atoms with Crippen LogP contribution in [0.15, 0.2) is 58.6 Å². The number of hydrogen-bond donors (Lipinski definition) is 3. The maximum atomic E-state index is 12.6. The molecule has 0 aliphatic carbocycles. The number of carbonyl (C=O) groups excluding carboxylic acids is 1. The fourth-order valence-electron chi connectivity index (χ4n) is 2.70. The number of hydrogen-bond acceptors (Lipinski definition) is 6. The first kappa shape index (κ1) is 19.0. The molecule has 0 bridgehead atoms. The molecule has 4 N–H and O–H groups in total. The van der Waals surface area contributed by atoms with Crippen LogP contribution in [0.3, 0.4) is 0 Å². The molecule has 1 heterocycles. The van der Waals surface area contributed by atoms with Gasteiger partial charge in [-0.25, -0.2) is 19.0 Å². The number of nitrogen functional groups attached to an aromatic ring is 1. The van der Waals surface area contributed by atoms with Gasteiger partial charge in [0.25, 0.3) is 5.91 Å². The first-order valence-electron chi connectivity index (χ1n) is 8.30. The topological polar surface area (TPSA) is 123 Å². The van der Waals surface area contributed by atoms with Crippen molar-refractivity contribution in [3.63, 3.8) is 0 Å². The fraction of sp³-hybridized carbons (Fsp3) is 0.222. The molecule has 1 aliphatic rings. The van der Waals surface area contributed by atoms with E-state index in [4.69, 9.17) is 10.7 Å². The average molecular weight is 388 g/mol. The maximum Gasteiger partial charge on any atom is 0.266 e. The number of aryl methyl sites for hydroxylation is 1. The van der Waals surface area contributed by atoms with Crippen molar-refractivity contribution in [2.45, 2.75) is 24.3 Å². The molecule has 27 heavy (non-hydrogen) atoms. The Hall–Kier alpha value is -2.75. The Labute approximate surface area is 157 Å². The third-order valence-electron chi connectivity index (χ3n) is 4.17. The van der Waals surface area contributed by atoms with Crippen LogP contribution in [0.1, 0.15) is 27.9 Å². The smallest absolute Gasteiger partial charge is 0.266 e. The Morgan fingerprint density at radius 3 is 2.63 bits per heavy atom. The predicted molar refractivity (Wildman–Crippen MR) is 100 cm³/mol. The lowest BCUT2D eigenvalue weighted by Crippen LogP contribution is -2.35. The van der Waals surface area contributed by atoms with Gasteiger partial charge in [-0.2, -0.15) is 0 Å². The highest BCUT2D eigenvalue weighted by atomic mass is 32.2. The van der Waals surface area contributed by atoms with Gasteiger partial charge in [0.05, 0.1) is 22.7 Å². The van der Waals surface area contributed by atoms with Crippen molar-refractivity contribution in [1.82, 2.24) is 10.1 Å². The Balaban J connectivity index is 1.66. The minimum Gasteiger partial charge on any atom is -0.390 e. The lowest BCUT2D eigenvalue weighted by molar-refractivity contribution is 0.0891. The highest BCUT2D eigenvalue weighted by Crippen LogP contribution is 2.19. The second-order valence-corrected chi connectivity index (χ2v) is 7.89. The molecule has 0 aromatic heterocycles. The molecule has 2 aromatic rings. The summed E-state index contributed by atoms with van der Waals surface area (Å²) in [4.78, 5) is 17.0. The molecule has 0 saturated carbocycles. The van der Waals surface area contributed by atoms with Gasteiger partial charge in [0, 0.05) is 6.42 Å². The van der Waals surface area contributed by atoms with Gasteiger partial charge in [-0.05, 0) is 24.6 Å². The van der Waals surface area contributed by atoms with Gasteiger partial charge in [0.15, 0.2) is 0 Å². The summed E-state index contributed by atoms with van der Waals surface area (Å²) in [7, 11) is -3.92. The van der Waals surface area contributed by atoms with Crippen molar-refractivity contribution >= 4 is 21.6 Å². The number of benzene rings is 2. The van der Waals surface area contributed by atoms with E-state index in [0.717, 1.165) is 16.8 Å². The fourth-order valence-corrected chi connectivity index (χ4v) is 3.97. The Bertz CT molecular complexity index is 971. The summed E-state index contributed by atoms with van der Waals surface area (Å²) < 4.78 is 27.7. The molecule has 8 nitrogen and oxygen atoms in total. The van der Waals surface area contributed by atoms with E-state index in [1.165, 1.54) is 18.2 Å². The summed E-state index contributed by atoms with van der Waals surface area (Å²) in [6, 6.07) is 13.7. The molecule has 2 aromatic carbocycles. The molecule has 3 rings (SSSR count). The minimum absolute atomic E-state index is 0.0276. The molecular weight excluding hydrogens is 368 g/mol. The van der Waals surface area contributed by atoms with Crippen molar-refractivity contribution in [3.05, 3.63) is 65.2 Å². The molecular formula is C18H20N4O4S. The van der Waals surface area contributed by atoms with Crippen LogP contribution in [0.4, 0.5) is 0 Å². The maximum absolute atomic E-state index is 12.6. The molecule has 0 saturated heterocycles. The van der Waals surface area contributed by atoms with Gasteiger partial charge in [0.1, 0.15) is 6.10 Å². The van der Waals surface area contributed by atoms with E-state index in [1.54, 1.807) is 6.07 Å². The standard InChI is InChI=1S/C18H20N4O4S/c1-12-6-8-13(9-7-12)16-10-14(26-22-16)11-20-27(24,25)17-5-3-2-4-15(17)18(23)21-19/h2-9,14,20H,10-11,19H2,1H3,(H,21,23). The number of carbonyl (C=O) groups is 1. The molecule has 1 unspecified atom stereocenters. The normalized spacial score (nSPS) is 16.5. The molecule has 9 heteroatoms. The lowest BCUT2D eigenvalue weighted by Gasteiger charge is -2.13. The van der Waals surface area contributed by atoms with Crippen LogP contribution in [0.5, 0.6) is 0 Å². The van der Waals surface area contributed by atoms with Crippen molar-refractivity contribution in [3.8, 4) is 0 Å². The zero-order chi connectivity index (χ0) is 19.4. The zero-order valence-electron chi connectivity index (χ0n) is 14.7. The summed E-state index contributed by atoms with van der Waals surface area (Å²) in [5.41, 5.74) is 4.76. The number of sulfonamides is 1. The van der Waals surface area contributed by atoms with E-state index < -0.39 is 22.0 Å². The summed E-state index contributed by atoms with van der Waals surface area (Å²) in [5, 5.41) is 4.05. The van der Waals surface area contributed by atoms with Gasteiger partial charge >= 0.3 is 0 Å². The zero-order valence-corrected chi connectivity index (χ0v) is 15.5. The first-order valence-corrected chi connectivity index (χ1v) is 9.78. The number of nitrogens with zero attached hydrogens (tertiary/aromatic N) is 1. The van der Waals surface area contributed by atoms with E-state index in [1.807, 2.05) is 36.6 Å². The number of nitrogens with two attached hydrogens (primary N) is 1. The average Bonchev–Trinajstić information content (AvgIpc) is 3.15. The second kappa shape index (κ2) is 7.87.